The molecular weight excluding hydrogens is 211 g/mol. The van der Waals surface area contributed by atoms with Crippen molar-refractivity contribution < 1.29 is 0 Å². The Morgan fingerprint density at radius 1 is 1.06 bits per heavy atom. The molecule has 16 heavy (non-hydrogen) atoms. The van der Waals surface area contributed by atoms with E-state index >= 15 is 0 Å². The highest BCUT2D eigenvalue weighted by Crippen LogP contribution is 2.33. The Morgan fingerprint density at radius 3 is 2.50 bits per heavy atom. The van der Waals surface area contributed by atoms with Crippen LogP contribution in [0.5, 0.6) is 0 Å². The van der Waals surface area contributed by atoms with E-state index in [0.717, 1.165) is 0 Å². The molecule has 1 atom stereocenters. The lowest BCUT2D eigenvalue weighted by Crippen LogP contribution is -2.08. The topological polar surface area (TPSA) is 0 Å². The summed E-state index contributed by atoms with van der Waals surface area (Å²) in [5, 5.41) is 1.62. The molecule has 0 aromatic heterocycles. The third kappa shape index (κ3) is 3.91. The lowest BCUT2D eigenvalue weighted by molar-refractivity contribution is 0.705. The van der Waals surface area contributed by atoms with Crippen LogP contribution >= 0.6 is 7.92 Å². The van der Waals surface area contributed by atoms with E-state index in [-0.39, 0.29) is 7.92 Å². The van der Waals surface area contributed by atoms with Crippen LogP contribution in [0.4, 0.5) is 0 Å². The van der Waals surface area contributed by atoms with E-state index in [4.69, 9.17) is 0 Å². The number of benzene rings is 1. The molecule has 0 saturated carbocycles. The van der Waals surface area contributed by atoms with E-state index in [9.17, 15) is 0 Å². The molecule has 90 valence electrons. The van der Waals surface area contributed by atoms with Crippen molar-refractivity contribution in [2.24, 2.45) is 0 Å². The second kappa shape index (κ2) is 7.07. The fraction of sp³-hybridized carbons (Fsp3) is 0.600. The predicted molar refractivity (Wildman–Crippen MR) is 77.4 cm³/mol. The first kappa shape index (κ1) is 13.7. The fourth-order valence-electron chi connectivity index (χ4n) is 2.05. The smallest absolute Gasteiger partial charge is 0.0211 e. The summed E-state index contributed by atoms with van der Waals surface area (Å²) < 4.78 is 0. The van der Waals surface area contributed by atoms with Gasteiger partial charge >= 0.3 is 0 Å². The summed E-state index contributed by atoms with van der Waals surface area (Å²) in [7, 11) is 0.0707. The van der Waals surface area contributed by atoms with Gasteiger partial charge in [0.25, 0.3) is 0 Å². The Labute approximate surface area is 102 Å². The number of rotatable bonds is 6. The van der Waals surface area contributed by atoms with Crippen molar-refractivity contribution in [3.63, 3.8) is 0 Å². The quantitative estimate of drug-likeness (QED) is 0.499. The molecule has 0 saturated heterocycles. The van der Waals surface area contributed by atoms with Gasteiger partial charge in [-0.15, -0.1) is 0 Å². The Hall–Kier alpha value is -0.350. The maximum absolute atomic E-state index is 2.43. The van der Waals surface area contributed by atoms with Crippen LogP contribution in [0.2, 0.25) is 0 Å². The van der Waals surface area contributed by atoms with Gasteiger partial charge in [-0.2, -0.15) is 0 Å². The molecule has 0 fully saturated rings. The average Bonchev–Trinajstić information content (AvgIpc) is 2.28. The molecular formula is C15H25P. The van der Waals surface area contributed by atoms with Gasteiger partial charge in [0.2, 0.25) is 0 Å². The summed E-state index contributed by atoms with van der Waals surface area (Å²) in [5.74, 6) is 0. The Morgan fingerprint density at radius 2 is 1.81 bits per heavy atom. The van der Waals surface area contributed by atoms with Gasteiger partial charge in [-0.1, -0.05) is 52.3 Å². The van der Waals surface area contributed by atoms with E-state index in [1.165, 1.54) is 43.0 Å². The minimum absolute atomic E-state index is 0.0707. The number of unbranched alkanes of at least 4 members (excludes halogenated alkanes) is 3. The maximum Gasteiger partial charge on any atom is -0.0211 e. The average molecular weight is 236 g/mol. The van der Waals surface area contributed by atoms with Crippen molar-refractivity contribution in [2.45, 2.75) is 46.5 Å². The first-order chi connectivity index (χ1) is 7.66. The van der Waals surface area contributed by atoms with Crippen LogP contribution in [0.1, 0.15) is 43.7 Å². The summed E-state index contributed by atoms with van der Waals surface area (Å²) >= 11 is 0. The van der Waals surface area contributed by atoms with Gasteiger partial charge in [0.1, 0.15) is 0 Å². The second-order valence-electron chi connectivity index (χ2n) is 4.70. The Balaban J connectivity index is 2.52. The number of hydrogen-bond donors (Lipinski definition) is 0. The molecule has 0 radical (unpaired) electrons. The standard InChI is InChI=1S/C15H25P/c1-5-6-7-8-12-16(4)15-11-9-10-13(2)14(15)3/h9-11H,5-8,12H2,1-4H3. The van der Waals surface area contributed by atoms with Crippen molar-refractivity contribution in [2.75, 3.05) is 12.8 Å². The zero-order valence-corrected chi connectivity index (χ0v) is 12.1. The molecule has 0 aliphatic rings. The summed E-state index contributed by atoms with van der Waals surface area (Å²) in [6, 6.07) is 6.76. The molecule has 0 aliphatic heterocycles. The SMILES string of the molecule is CCCCCCP(C)c1cccc(C)c1C. The highest BCUT2D eigenvalue weighted by atomic mass is 31.1. The van der Waals surface area contributed by atoms with Gasteiger partial charge in [0.15, 0.2) is 0 Å². The molecule has 1 unspecified atom stereocenters. The molecule has 1 aromatic carbocycles. The molecule has 0 N–H and O–H groups in total. The molecule has 0 spiro atoms. The fourth-order valence-corrected chi connectivity index (χ4v) is 4.07. The first-order valence-electron chi connectivity index (χ1n) is 6.44. The highest BCUT2D eigenvalue weighted by Gasteiger charge is 2.08. The normalized spacial score (nSPS) is 12.8. The summed E-state index contributed by atoms with van der Waals surface area (Å²) in [4.78, 5) is 0. The van der Waals surface area contributed by atoms with Crippen LogP contribution in [-0.2, 0) is 0 Å². The Kier molecular flexibility index (Phi) is 6.06. The molecule has 0 heterocycles. The molecule has 0 amide bonds. The molecule has 0 bridgehead atoms. The zero-order chi connectivity index (χ0) is 12.0. The van der Waals surface area contributed by atoms with E-state index in [1.54, 1.807) is 5.30 Å². The van der Waals surface area contributed by atoms with Crippen LogP contribution in [0, 0.1) is 13.8 Å². The van der Waals surface area contributed by atoms with Gasteiger partial charge in [0.05, 0.1) is 0 Å². The first-order valence-corrected chi connectivity index (χ1v) is 8.41. The van der Waals surface area contributed by atoms with Gasteiger partial charge < -0.3 is 0 Å². The minimum atomic E-state index is 0.0707. The predicted octanol–water partition coefficient (Wildman–Crippen LogP) is 4.62. The lowest BCUT2D eigenvalue weighted by atomic mass is 10.1. The third-order valence-corrected chi connectivity index (χ3v) is 5.63. The second-order valence-corrected chi connectivity index (χ2v) is 7.03. The van der Waals surface area contributed by atoms with Gasteiger partial charge in [-0.25, -0.2) is 0 Å². The maximum atomic E-state index is 2.43. The van der Waals surface area contributed by atoms with E-state index in [1.807, 2.05) is 0 Å². The zero-order valence-electron chi connectivity index (χ0n) is 11.2. The molecule has 1 aromatic rings. The molecule has 1 rings (SSSR count). The molecule has 1 heteroatoms. The van der Waals surface area contributed by atoms with Crippen molar-refractivity contribution in [3.8, 4) is 0 Å². The van der Waals surface area contributed by atoms with E-state index in [0.29, 0.717) is 0 Å². The monoisotopic (exact) mass is 236 g/mol. The summed E-state index contributed by atoms with van der Waals surface area (Å²) in [6.07, 6.45) is 6.96. The summed E-state index contributed by atoms with van der Waals surface area (Å²) in [5.41, 5.74) is 2.96. The molecule has 0 aliphatic carbocycles. The van der Waals surface area contributed by atoms with Crippen LogP contribution in [0.25, 0.3) is 0 Å². The van der Waals surface area contributed by atoms with Crippen molar-refractivity contribution in [1.82, 2.24) is 0 Å². The lowest BCUT2D eigenvalue weighted by Gasteiger charge is -2.16. The largest absolute Gasteiger partial charge is 0.0782 e. The highest BCUT2D eigenvalue weighted by molar-refractivity contribution is 7.65. The third-order valence-electron chi connectivity index (χ3n) is 3.33. The Bertz CT molecular complexity index is 317. The van der Waals surface area contributed by atoms with Gasteiger partial charge in [0, 0.05) is 0 Å². The summed E-state index contributed by atoms with van der Waals surface area (Å²) in [6.45, 7) is 9.21. The van der Waals surface area contributed by atoms with Gasteiger partial charge in [-0.05, 0) is 49.5 Å². The van der Waals surface area contributed by atoms with Crippen LogP contribution < -0.4 is 5.30 Å². The number of hydrogen-bond acceptors (Lipinski definition) is 0. The van der Waals surface area contributed by atoms with Crippen molar-refractivity contribution >= 4 is 13.2 Å². The van der Waals surface area contributed by atoms with Crippen molar-refractivity contribution in [1.29, 1.82) is 0 Å². The van der Waals surface area contributed by atoms with Gasteiger partial charge in [-0.3, -0.25) is 0 Å². The molecule has 0 nitrogen and oxygen atoms in total. The van der Waals surface area contributed by atoms with Crippen LogP contribution in [0.3, 0.4) is 0 Å². The van der Waals surface area contributed by atoms with Crippen LogP contribution in [0.15, 0.2) is 18.2 Å². The number of aryl methyl sites for hydroxylation is 1. The van der Waals surface area contributed by atoms with Crippen LogP contribution in [-0.4, -0.2) is 12.8 Å². The van der Waals surface area contributed by atoms with E-state index in [2.05, 4.69) is 45.6 Å². The van der Waals surface area contributed by atoms with E-state index < -0.39 is 0 Å². The van der Waals surface area contributed by atoms with Crippen molar-refractivity contribution in [3.05, 3.63) is 29.3 Å². The minimum Gasteiger partial charge on any atom is -0.0782 e.